The number of benzene rings is 2. The van der Waals surface area contributed by atoms with Crippen molar-refractivity contribution < 1.29 is 13.2 Å². The van der Waals surface area contributed by atoms with E-state index in [1.165, 1.54) is 6.07 Å². The van der Waals surface area contributed by atoms with Gasteiger partial charge in [0.15, 0.2) is 0 Å². The molecule has 1 saturated heterocycles. The van der Waals surface area contributed by atoms with E-state index in [1.54, 1.807) is 6.07 Å². The fourth-order valence-corrected chi connectivity index (χ4v) is 5.71. The highest BCUT2D eigenvalue weighted by molar-refractivity contribution is 7.90. The minimum absolute atomic E-state index is 0.0412. The van der Waals surface area contributed by atoms with Gasteiger partial charge in [-0.1, -0.05) is 61.7 Å². The predicted octanol–water partition coefficient (Wildman–Crippen LogP) is 5.09. The second-order valence-electron chi connectivity index (χ2n) is 7.97. The molecule has 0 spiro atoms. The maximum Gasteiger partial charge on any atom is 0.286 e. The minimum Gasteiger partial charge on any atom is -0.345 e. The van der Waals surface area contributed by atoms with E-state index in [4.69, 9.17) is 11.6 Å². The highest BCUT2D eigenvalue weighted by Crippen LogP contribution is 2.38. The van der Waals surface area contributed by atoms with Crippen molar-refractivity contribution in [3.63, 3.8) is 0 Å². The Morgan fingerprint density at radius 3 is 2.71 bits per heavy atom. The lowest BCUT2D eigenvalue weighted by Crippen LogP contribution is -2.36. The van der Waals surface area contributed by atoms with E-state index in [9.17, 15) is 13.2 Å². The van der Waals surface area contributed by atoms with E-state index in [1.807, 2.05) is 35.2 Å². The number of nitrogens with one attached hydrogen (secondary N) is 1. The molecule has 6 nitrogen and oxygen atoms in total. The Balaban J connectivity index is 1.69. The quantitative estimate of drug-likeness (QED) is 0.675. The topological polar surface area (TPSA) is 78.8 Å². The number of carbonyl (C=O) groups excluding carboxylic acids is 1. The molecule has 1 fully saturated rings. The van der Waals surface area contributed by atoms with Gasteiger partial charge in [-0.15, -0.1) is 4.40 Å². The molecule has 2 aliphatic rings. The van der Waals surface area contributed by atoms with Gasteiger partial charge in [0.1, 0.15) is 10.7 Å². The molecule has 0 aromatic heterocycles. The van der Waals surface area contributed by atoms with Gasteiger partial charge in [0.2, 0.25) is 0 Å². The molecule has 1 amide bonds. The Bertz CT molecular complexity index is 1120. The Labute approximate surface area is 188 Å². The van der Waals surface area contributed by atoms with Crippen LogP contribution in [0.15, 0.2) is 51.8 Å². The summed E-state index contributed by atoms with van der Waals surface area (Å²) in [5.41, 5.74) is 1.66. The van der Waals surface area contributed by atoms with Crippen molar-refractivity contribution in [1.29, 1.82) is 0 Å². The Morgan fingerprint density at radius 1 is 1.19 bits per heavy atom. The first-order valence-corrected chi connectivity index (χ1v) is 12.5. The van der Waals surface area contributed by atoms with Crippen LogP contribution in [0.4, 0.5) is 5.69 Å². The van der Waals surface area contributed by atoms with Crippen molar-refractivity contribution in [3.05, 3.63) is 58.6 Å². The van der Waals surface area contributed by atoms with Crippen molar-refractivity contribution in [2.45, 2.75) is 56.4 Å². The fraction of sp³-hybridized carbons (Fsp3) is 0.391. The molecule has 31 heavy (non-hydrogen) atoms. The Hall–Kier alpha value is -2.38. The van der Waals surface area contributed by atoms with Crippen LogP contribution in [0.25, 0.3) is 0 Å². The predicted molar refractivity (Wildman–Crippen MR) is 123 cm³/mol. The maximum absolute atomic E-state index is 13.1. The second kappa shape index (κ2) is 9.01. The molecule has 4 rings (SSSR count). The zero-order chi connectivity index (χ0) is 22.0. The molecule has 0 saturated carbocycles. The van der Waals surface area contributed by atoms with Gasteiger partial charge in [0.05, 0.1) is 22.3 Å². The monoisotopic (exact) mass is 459 g/mol. The molecule has 1 atom stereocenters. The summed E-state index contributed by atoms with van der Waals surface area (Å²) in [6.45, 7) is 2.74. The van der Waals surface area contributed by atoms with Crippen molar-refractivity contribution >= 4 is 39.1 Å². The minimum atomic E-state index is -3.88. The standard InChI is InChI=1S/C23H26ClN3O3S/c1-2-9-19(16-10-5-3-6-11-16)25-23(28)17-14-21-20(15-18(17)24)27-13-8-4-7-12-22(27)26-31(21,29)30/h3,5-6,10-11,14-15,19H,2,4,7-9,12-13H2,1H3,(H,25,28)/t19-/m0/s1. The van der Waals surface area contributed by atoms with Gasteiger partial charge in [0.25, 0.3) is 15.9 Å². The first-order chi connectivity index (χ1) is 14.9. The summed E-state index contributed by atoms with van der Waals surface area (Å²) >= 11 is 6.51. The number of halogens is 1. The van der Waals surface area contributed by atoms with Crippen molar-refractivity contribution in [2.75, 3.05) is 11.4 Å². The summed E-state index contributed by atoms with van der Waals surface area (Å²) in [5.74, 6) is 0.168. The molecule has 2 aromatic rings. The summed E-state index contributed by atoms with van der Waals surface area (Å²) in [5, 5.41) is 3.26. The lowest BCUT2D eigenvalue weighted by Gasteiger charge is -2.30. The molecule has 1 N–H and O–H groups in total. The zero-order valence-electron chi connectivity index (χ0n) is 17.5. The number of amidine groups is 1. The molecule has 0 bridgehead atoms. The van der Waals surface area contributed by atoms with Crippen LogP contribution in [0.2, 0.25) is 5.02 Å². The summed E-state index contributed by atoms with van der Waals surface area (Å²) in [4.78, 5) is 15.1. The average molecular weight is 460 g/mol. The Kier molecular flexibility index (Phi) is 6.34. The van der Waals surface area contributed by atoms with E-state index < -0.39 is 15.9 Å². The second-order valence-corrected chi connectivity index (χ2v) is 9.95. The first-order valence-electron chi connectivity index (χ1n) is 10.7. The number of nitrogens with zero attached hydrogens (tertiary/aromatic N) is 2. The lowest BCUT2D eigenvalue weighted by molar-refractivity contribution is 0.0934. The molecular weight excluding hydrogens is 434 g/mol. The van der Waals surface area contributed by atoms with Gasteiger partial charge in [-0.25, -0.2) is 0 Å². The van der Waals surface area contributed by atoms with E-state index in [0.29, 0.717) is 24.5 Å². The highest BCUT2D eigenvalue weighted by atomic mass is 35.5. The van der Waals surface area contributed by atoms with E-state index in [2.05, 4.69) is 16.6 Å². The van der Waals surface area contributed by atoms with Crippen LogP contribution in [-0.4, -0.2) is 26.7 Å². The molecule has 2 heterocycles. The van der Waals surface area contributed by atoms with Crippen LogP contribution >= 0.6 is 11.6 Å². The number of anilines is 1. The van der Waals surface area contributed by atoms with Gasteiger partial charge in [-0.05, 0) is 37.0 Å². The molecule has 2 aliphatic heterocycles. The Morgan fingerprint density at radius 2 is 1.97 bits per heavy atom. The zero-order valence-corrected chi connectivity index (χ0v) is 19.0. The van der Waals surface area contributed by atoms with Gasteiger partial charge in [0, 0.05) is 13.0 Å². The molecule has 164 valence electrons. The van der Waals surface area contributed by atoms with Gasteiger partial charge in [-0.2, -0.15) is 8.42 Å². The van der Waals surface area contributed by atoms with E-state index >= 15 is 0 Å². The third kappa shape index (κ3) is 4.48. The third-order valence-electron chi connectivity index (χ3n) is 5.77. The number of hydrogen-bond donors (Lipinski definition) is 1. The molecule has 0 radical (unpaired) electrons. The first kappa shape index (κ1) is 21.8. The van der Waals surface area contributed by atoms with Crippen LogP contribution in [0, 0.1) is 0 Å². The lowest BCUT2D eigenvalue weighted by atomic mass is 10.0. The van der Waals surface area contributed by atoms with Gasteiger partial charge >= 0.3 is 0 Å². The average Bonchev–Trinajstić information content (AvgIpc) is 2.98. The molecule has 2 aromatic carbocycles. The largest absolute Gasteiger partial charge is 0.345 e. The van der Waals surface area contributed by atoms with Crippen LogP contribution in [0.3, 0.4) is 0 Å². The van der Waals surface area contributed by atoms with Crippen molar-refractivity contribution in [1.82, 2.24) is 5.32 Å². The van der Waals surface area contributed by atoms with Crippen molar-refractivity contribution in [3.8, 4) is 0 Å². The van der Waals surface area contributed by atoms with Crippen molar-refractivity contribution in [2.24, 2.45) is 4.40 Å². The number of hydrogen-bond acceptors (Lipinski definition) is 4. The normalized spacial score (nSPS) is 18.3. The summed E-state index contributed by atoms with van der Waals surface area (Å²) in [7, 11) is -3.88. The van der Waals surface area contributed by atoms with Gasteiger partial charge in [-0.3, -0.25) is 4.79 Å². The molecule has 0 aliphatic carbocycles. The van der Waals surface area contributed by atoms with Crippen LogP contribution < -0.4 is 10.2 Å². The number of fused-ring (bicyclic) bond motifs is 3. The fourth-order valence-electron chi connectivity index (χ4n) is 4.20. The van der Waals surface area contributed by atoms with Crippen LogP contribution in [0.1, 0.15) is 67.4 Å². The summed E-state index contributed by atoms with van der Waals surface area (Å²) in [6.07, 6.45) is 5.16. The molecule has 0 unspecified atom stereocenters. The van der Waals surface area contributed by atoms with Crippen LogP contribution in [0.5, 0.6) is 0 Å². The molecular formula is C23H26ClN3O3S. The number of amides is 1. The molecule has 8 heteroatoms. The van der Waals surface area contributed by atoms with Gasteiger partial charge < -0.3 is 10.2 Å². The third-order valence-corrected chi connectivity index (χ3v) is 7.41. The van der Waals surface area contributed by atoms with E-state index in [-0.39, 0.29) is 21.5 Å². The summed E-state index contributed by atoms with van der Waals surface area (Å²) in [6, 6.07) is 12.5. The smallest absolute Gasteiger partial charge is 0.286 e. The number of sulfonamides is 1. The number of carbonyl (C=O) groups is 1. The number of rotatable bonds is 5. The highest BCUT2D eigenvalue weighted by Gasteiger charge is 2.33. The summed E-state index contributed by atoms with van der Waals surface area (Å²) < 4.78 is 29.8. The maximum atomic E-state index is 13.1. The van der Waals surface area contributed by atoms with E-state index in [0.717, 1.165) is 37.7 Å². The van der Waals surface area contributed by atoms with Crippen LogP contribution in [-0.2, 0) is 10.0 Å². The SMILES string of the molecule is CCC[C@H](NC(=O)c1cc2c(cc1Cl)N1CCCCCC1=NS2(=O)=O)c1ccccc1.